The maximum atomic E-state index is 12.8. The molecule has 8 heteroatoms. The number of nitrogens with one attached hydrogen (secondary N) is 1. The first kappa shape index (κ1) is 14.6. The Hall–Kier alpha value is -1.44. The Morgan fingerprint density at radius 1 is 1.72 bits per heavy atom. The quantitative estimate of drug-likeness (QED) is 0.850. The maximum Gasteiger partial charge on any atom is 0.250 e. The minimum Gasteiger partial charge on any atom is -0.479 e. The fourth-order valence-electron chi connectivity index (χ4n) is 0.951. The van der Waals surface area contributed by atoms with Gasteiger partial charge < -0.3 is 10.5 Å². The number of carbonyl (C=O) groups excluding carboxylic acids is 1. The summed E-state index contributed by atoms with van der Waals surface area (Å²) in [5, 5.41) is 0.458. The average Bonchev–Trinajstić information content (AvgIpc) is 2.38. The molecule has 0 spiro atoms. The van der Waals surface area contributed by atoms with Gasteiger partial charge in [0.2, 0.25) is 5.88 Å². The number of carbonyl (C=O) groups is 1. The molecule has 3 N–H and O–H groups in total. The van der Waals surface area contributed by atoms with Crippen LogP contribution in [0.2, 0.25) is 5.15 Å². The van der Waals surface area contributed by atoms with Crippen LogP contribution in [0.5, 0.6) is 5.88 Å². The van der Waals surface area contributed by atoms with Crippen molar-refractivity contribution in [2.24, 2.45) is 5.73 Å². The zero-order valence-electron chi connectivity index (χ0n) is 9.44. The number of ether oxygens (including phenoxy) is 1. The Kier molecular flexibility index (Phi) is 5.76. The molecule has 0 aliphatic rings. The number of H-pyrrole nitrogens is 1. The van der Waals surface area contributed by atoms with E-state index in [1.807, 2.05) is 0 Å². The van der Waals surface area contributed by atoms with Crippen LogP contribution in [0.1, 0.15) is 15.2 Å². The van der Waals surface area contributed by atoms with Crippen molar-refractivity contribution >= 4 is 29.4 Å². The molecule has 0 amide bonds. The first-order valence-corrected chi connectivity index (χ1v) is 5.98. The van der Waals surface area contributed by atoms with Crippen LogP contribution in [0.15, 0.2) is 12.3 Å². The molecule has 0 aliphatic carbocycles. The van der Waals surface area contributed by atoms with E-state index in [0.29, 0.717) is 15.6 Å². The van der Waals surface area contributed by atoms with E-state index in [1.165, 1.54) is 30.9 Å². The first-order chi connectivity index (χ1) is 8.62. The summed E-state index contributed by atoms with van der Waals surface area (Å²) in [4.78, 5) is 14.1. The third-order valence-electron chi connectivity index (χ3n) is 1.87. The molecule has 0 bridgehead atoms. The topological polar surface area (TPSA) is 81.0 Å². The summed E-state index contributed by atoms with van der Waals surface area (Å²) in [6, 6.07) is 1.31. The second kappa shape index (κ2) is 7.10. The smallest absolute Gasteiger partial charge is 0.250 e. The lowest BCUT2D eigenvalue weighted by atomic mass is 10.3. The number of pyridine rings is 1. The Balaban J connectivity index is 0.000000199. The molecule has 0 atom stereocenters. The number of nitrogens with zero attached hydrogens (tertiary/aromatic N) is 1. The summed E-state index contributed by atoms with van der Waals surface area (Å²) in [7, 11) is 1.37. The predicted molar refractivity (Wildman–Crippen MR) is 67.7 cm³/mol. The molecular weight excluding hydrogens is 281 g/mol. The number of methoxy groups -OCH3 is 1. The van der Waals surface area contributed by atoms with Gasteiger partial charge in [-0.3, -0.25) is 9.17 Å². The molecule has 2 aromatic heterocycles. The SMILES string of the molecule is COc1ncc(CN)cc1F.O=Cc1s[nH]c1Cl. The number of hydrogen-bond donors (Lipinski definition) is 2. The summed E-state index contributed by atoms with van der Waals surface area (Å²) < 4.78 is 20.1. The van der Waals surface area contributed by atoms with Gasteiger partial charge in [0.15, 0.2) is 12.1 Å². The molecule has 5 nitrogen and oxygen atoms in total. The molecule has 0 unspecified atom stereocenters. The second-order valence-corrected chi connectivity index (χ2v) is 4.27. The lowest BCUT2D eigenvalue weighted by molar-refractivity contribution is 0.112. The summed E-state index contributed by atoms with van der Waals surface area (Å²) >= 11 is 6.57. The Morgan fingerprint density at radius 3 is 2.72 bits per heavy atom. The number of aromatic nitrogens is 2. The summed E-state index contributed by atoms with van der Waals surface area (Å²) in [6.07, 6.45) is 2.21. The van der Waals surface area contributed by atoms with Gasteiger partial charge in [0.05, 0.1) is 7.11 Å². The molecule has 2 heterocycles. The zero-order chi connectivity index (χ0) is 13.5. The molecule has 0 saturated heterocycles. The van der Waals surface area contributed by atoms with E-state index in [-0.39, 0.29) is 12.4 Å². The van der Waals surface area contributed by atoms with Gasteiger partial charge in [-0.25, -0.2) is 9.37 Å². The molecule has 18 heavy (non-hydrogen) atoms. The number of aldehydes is 1. The zero-order valence-corrected chi connectivity index (χ0v) is 11.0. The van der Waals surface area contributed by atoms with Crippen LogP contribution in [0, 0.1) is 5.82 Å². The van der Waals surface area contributed by atoms with E-state index in [4.69, 9.17) is 17.3 Å². The van der Waals surface area contributed by atoms with Crippen molar-refractivity contribution in [2.45, 2.75) is 6.54 Å². The minimum absolute atomic E-state index is 0.00204. The largest absolute Gasteiger partial charge is 0.479 e. The second-order valence-electron chi connectivity index (χ2n) is 3.04. The van der Waals surface area contributed by atoms with Crippen molar-refractivity contribution in [1.82, 2.24) is 9.36 Å². The van der Waals surface area contributed by atoms with Crippen LogP contribution in [0.3, 0.4) is 0 Å². The van der Waals surface area contributed by atoms with E-state index in [2.05, 4.69) is 14.1 Å². The molecule has 0 radical (unpaired) electrons. The van der Waals surface area contributed by atoms with Crippen molar-refractivity contribution in [3.8, 4) is 5.88 Å². The fourth-order valence-corrected chi connectivity index (χ4v) is 1.57. The molecule has 98 valence electrons. The van der Waals surface area contributed by atoms with E-state index >= 15 is 0 Å². The van der Waals surface area contributed by atoms with Gasteiger partial charge in [-0.05, 0) is 11.6 Å². The van der Waals surface area contributed by atoms with Crippen LogP contribution in [-0.4, -0.2) is 22.8 Å². The highest BCUT2D eigenvalue weighted by atomic mass is 35.5. The van der Waals surface area contributed by atoms with Crippen molar-refractivity contribution in [1.29, 1.82) is 0 Å². The number of nitrogens with two attached hydrogens (primary N) is 1. The monoisotopic (exact) mass is 291 g/mol. The van der Waals surface area contributed by atoms with Gasteiger partial charge in [-0.1, -0.05) is 23.1 Å². The standard InChI is InChI=1S/C7H9FN2O.C3H2ClNOS/c1-11-7-6(8)2-5(3-9)4-10-7;4-3-2(1-6)7-5-3/h2,4H,3,9H2,1H3;1,5H. The van der Waals surface area contributed by atoms with E-state index in [0.717, 1.165) is 6.29 Å². The summed E-state index contributed by atoms with van der Waals surface area (Å²) in [6.45, 7) is 0.286. The molecule has 2 rings (SSSR count). The van der Waals surface area contributed by atoms with E-state index < -0.39 is 5.82 Å². The number of aromatic amines is 1. The lowest BCUT2D eigenvalue weighted by Crippen LogP contribution is -1.99. The molecule has 0 aromatic carbocycles. The number of rotatable bonds is 3. The van der Waals surface area contributed by atoms with Gasteiger partial charge in [0.25, 0.3) is 0 Å². The van der Waals surface area contributed by atoms with Crippen LogP contribution >= 0.6 is 23.1 Å². The van der Waals surface area contributed by atoms with Gasteiger partial charge >= 0.3 is 0 Å². The lowest BCUT2D eigenvalue weighted by Gasteiger charge is -2.00. The number of halogens is 2. The third kappa shape index (κ3) is 3.80. The number of hydrogen-bond acceptors (Lipinski definition) is 5. The van der Waals surface area contributed by atoms with Crippen LogP contribution in [0.25, 0.3) is 0 Å². The third-order valence-corrected chi connectivity index (χ3v) is 3.22. The molecule has 2 aromatic rings. The van der Waals surface area contributed by atoms with Crippen molar-refractivity contribution in [3.63, 3.8) is 0 Å². The van der Waals surface area contributed by atoms with Gasteiger partial charge in [-0.2, -0.15) is 0 Å². The summed E-state index contributed by atoms with van der Waals surface area (Å²) in [5.41, 5.74) is 5.92. The van der Waals surface area contributed by atoms with E-state index in [1.54, 1.807) is 0 Å². The van der Waals surface area contributed by atoms with Crippen LogP contribution in [-0.2, 0) is 6.54 Å². The molecule has 0 aliphatic heterocycles. The van der Waals surface area contributed by atoms with Crippen LogP contribution in [0.4, 0.5) is 4.39 Å². The Labute approximate surface area is 112 Å². The molecular formula is C10H11ClFN3O2S. The van der Waals surface area contributed by atoms with Gasteiger partial charge in [-0.15, -0.1) is 0 Å². The average molecular weight is 292 g/mol. The Morgan fingerprint density at radius 2 is 2.44 bits per heavy atom. The first-order valence-electron chi connectivity index (χ1n) is 4.78. The maximum absolute atomic E-state index is 12.8. The molecule has 0 fully saturated rings. The van der Waals surface area contributed by atoms with Gasteiger partial charge in [0.1, 0.15) is 10.0 Å². The van der Waals surface area contributed by atoms with Crippen molar-refractivity contribution < 1.29 is 13.9 Å². The highest BCUT2D eigenvalue weighted by molar-refractivity contribution is 7.10. The molecule has 0 saturated carbocycles. The highest BCUT2D eigenvalue weighted by Gasteiger charge is 2.03. The Bertz CT molecular complexity index is 515. The van der Waals surface area contributed by atoms with Crippen molar-refractivity contribution in [2.75, 3.05) is 7.11 Å². The summed E-state index contributed by atoms with van der Waals surface area (Å²) in [5.74, 6) is -0.474. The van der Waals surface area contributed by atoms with Crippen molar-refractivity contribution in [3.05, 3.63) is 33.7 Å². The van der Waals surface area contributed by atoms with Gasteiger partial charge in [0, 0.05) is 12.7 Å². The fraction of sp³-hybridized carbons (Fsp3) is 0.200. The minimum atomic E-state index is -0.476. The normalized spacial score (nSPS) is 9.56. The highest BCUT2D eigenvalue weighted by Crippen LogP contribution is 2.17. The van der Waals surface area contributed by atoms with E-state index in [9.17, 15) is 9.18 Å². The van der Waals surface area contributed by atoms with Crippen LogP contribution < -0.4 is 10.5 Å². The predicted octanol–water partition coefficient (Wildman–Crippen LogP) is 2.23.